The fourth-order valence-corrected chi connectivity index (χ4v) is 2.43. The van der Waals surface area contributed by atoms with Crippen LogP contribution in [-0.2, 0) is 16.0 Å². The number of carbonyl (C=O) groups excluding carboxylic acids is 1. The average molecular weight is 263 g/mol. The van der Waals surface area contributed by atoms with Crippen LogP contribution in [0.25, 0.3) is 0 Å². The van der Waals surface area contributed by atoms with Gasteiger partial charge < -0.3 is 0 Å². The molecule has 6 heteroatoms. The molecule has 1 heterocycles. The summed E-state index contributed by atoms with van der Waals surface area (Å²) >= 11 is 5.03. The first-order valence-corrected chi connectivity index (χ1v) is 5.68. The molecule has 4 nitrogen and oxygen atoms in total. The van der Waals surface area contributed by atoms with Crippen LogP contribution >= 0.6 is 12.2 Å². The number of hydrogen-bond donors (Lipinski definition) is 1. The van der Waals surface area contributed by atoms with Gasteiger partial charge in [-0.25, -0.2) is 0 Å². The van der Waals surface area contributed by atoms with E-state index in [1.54, 1.807) is 0 Å². The van der Waals surface area contributed by atoms with Gasteiger partial charge in [-0.05, 0) is 0 Å². The van der Waals surface area contributed by atoms with E-state index in [-0.39, 0.29) is 14.5 Å². The van der Waals surface area contributed by atoms with Crippen LogP contribution in [0.3, 0.4) is 0 Å². The number of rotatable bonds is 4. The van der Waals surface area contributed by atoms with E-state index in [1.807, 2.05) is 0 Å². The van der Waals surface area contributed by atoms with Gasteiger partial charge in [-0.1, -0.05) is 0 Å². The first-order chi connectivity index (χ1) is 6.22. The molecular weight excluding hydrogens is 255 g/mol. The summed E-state index contributed by atoms with van der Waals surface area (Å²) in [4.78, 5) is 10.6. The van der Waals surface area contributed by atoms with Gasteiger partial charge in [0, 0.05) is 0 Å². The molecule has 0 unspecified atom stereocenters. The van der Waals surface area contributed by atoms with Gasteiger partial charge in [-0.3, -0.25) is 0 Å². The molecule has 13 heavy (non-hydrogen) atoms. The molecule has 1 N–H and O–H groups in total. The van der Waals surface area contributed by atoms with Gasteiger partial charge in [0.05, 0.1) is 0 Å². The van der Waals surface area contributed by atoms with Crippen molar-refractivity contribution in [3.05, 3.63) is 20.7 Å². The van der Waals surface area contributed by atoms with Crippen molar-refractivity contribution in [2.24, 2.45) is 0 Å². The number of nitrogens with one attached hydrogen (secondary N) is 1. The Bertz CT molecular complexity index is 357. The quantitative estimate of drug-likeness (QED) is 0.371. The van der Waals surface area contributed by atoms with Crippen LogP contribution in [0.2, 0.25) is 0 Å². The SMILES string of the molecule is C=CC(=O)OCCc1n[nH]c(=S)[se]1. The van der Waals surface area contributed by atoms with Crippen molar-refractivity contribution >= 4 is 32.7 Å². The topological polar surface area (TPSA) is 55.0 Å². The van der Waals surface area contributed by atoms with Gasteiger partial charge in [0.2, 0.25) is 0 Å². The zero-order chi connectivity index (χ0) is 9.68. The van der Waals surface area contributed by atoms with Crippen LogP contribution in [0.15, 0.2) is 12.7 Å². The van der Waals surface area contributed by atoms with Crippen molar-refractivity contribution < 1.29 is 9.53 Å². The molecule has 70 valence electrons. The van der Waals surface area contributed by atoms with Crippen molar-refractivity contribution in [3.8, 4) is 0 Å². The summed E-state index contributed by atoms with van der Waals surface area (Å²) in [7, 11) is 0. The molecule has 0 fully saturated rings. The Morgan fingerprint density at radius 2 is 2.62 bits per heavy atom. The predicted molar refractivity (Wildman–Crippen MR) is 51.2 cm³/mol. The van der Waals surface area contributed by atoms with Crippen LogP contribution in [0.5, 0.6) is 0 Å². The second-order valence-electron chi connectivity index (χ2n) is 2.13. The van der Waals surface area contributed by atoms with Crippen LogP contribution in [0, 0.1) is 3.51 Å². The Labute approximate surface area is 86.4 Å². The van der Waals surface area contributed by atoms with Gasteiger partial charge in [0.25, 0.3) is 0 Å². The van der Waals surface area contributed by atoms with E-state index >= 15 is 0 Å². The molecule has 0 radical (unpaired) electrons. The van der Waals surface area contributed by atoms with Crippen molar-refractivity contribution in [1.29, 1.82) is 0 Å². The maximum atomic E-state index is 10.6. The Morgan fingerprint density at radius 1 is 1.85 bits per heavy atom. The number of aromatic nitrogens is 2. The molecule has 0 aliphatic rings. The normalized spacial score (nSPS) is 9.54. The molecule has 0 atom stereocenters. The third-order valence-electron chi connectivity index (χ3n) is 1.21. The Morgan fingerprint density at radius 3 is 3.15 bits per heavy atom. The van der Waals surface area contributed by atoms with Gasteiger partial charge in [-0.15, -0.1) is 0 Å². The fourth-order valence-electron chi connectivity index (χ4n) is 0.665. The summed E-state index contributed by atoms with van der Waals surface area (Å²) in [5.41, 5.74) is 0. The van der Waals surface area contributed by atoms with E-state index in [0.29, 0.717) is 13.0 Å². The molecule has 0 amide bonds. The molecule has 0 saturated heterocycles. The number of aromatic amines is 1. The standard InChI is InChI=1S/C7H8N2O2SSe/c1-2-6(10)11-4-3-5-8-9-7(12)13-5/h2H,1,3-4H2,(H,9,12). The van der Waals surface area contributed by atoms with Crippen molar-refractivity contribution in [3.63, 3.8) is 0 Å². The zero-order valence-corrected chi connectivity index (χ0v) is 9.31. The fraction of sp³-hybridized carbons (Fsp3) is 0.286. The number of hydrogen-bond acceptors (Lipinski definition) is 4. The van der Waals surface area contributed by atoms with E-state index in [1.165, 1.54) is 0 Å². The zero-order valence-electron chi connectivity index (χ0n) is 6.78. The summed E-state index contributed by atoms with van der Waals surface area (Å²) in [5, 5.41) is 6.68. The van der Waals surface area contributed by atoms with E-state index < -0.39 is 5.97 Å². The molecule has 1 aromatic rings. The molecule has 0 aliphatic carbocycles. The number of carbonyl (C=O) groups is 1. The summed E-state index contributed by atoms with van der Waals surface area (Å²) in [6, 6.07) is 0. The van der Waals surface area contributed by atoms with Gasteiger partial charge in [0.15, 0.2) is 0 Å². The molecule has 0 spiro atoms. The second kappa shape index (κ2) is 5.11. The second-order valence-corrected chi connectivity index (χ2v) is 5.39. The predicted octanol–water partition coefficient (Wildman–Crippen LogP) is 0.468. The average Bonchev–Trinajstić information content (AvgIpc) is 2.51. The van der Waals surface area contributed by atoms with Crippen LogP contribution in [-0.4, -0.2) is 37.3 Å². The minimum atomic E-state index is -0.401. The van der Waals surface area contributed by atoms with E-state index in [2.05, 4.69) is 16.8 Å². The molecule has 0 bridgehead atoms. The van der Waals surface area contributed by atoms with Gasteiger partial charge in [0.1, 0.15) is 0 Å². The minimum absolute atomic E-state index is 0.135. The number of H-pyrrole nitrogens is 1. The van der Waals surface area contributed by atoms with Crippen molar-refractivity contribution in [2.45, 2.75) is 6.42 Å². The molecule has 1 rings (SSSR count). The number of nitrogens with zero attached hydrogens (tertiary/aromatic N) is 1. The summed E-state index contributed by atoms with van der Waals surface area (Å²) in [6.45, 7) is 3.63. The van der Waals surface area contributed by atoms with E-state index in [9.17, 15) is 4.79 Å². The van der Waals surface area contributed by atoms with Crippen LogP contribution in [0.4, 0.5) is 0 Å². The number of esters is 1. The summed E-state index contributed by atoms with van der Waals surface area (Å²) in [6.07, 6.45) is 1.79. The summed E-state index contributed by atoms with van der Waals surface area (Å²) in [5.74, 6) is -0.401. The van der Waals surface area contributed by atoms with Crippen molar-refractivity contribution in [2.75, 3.05) is 6.61 Å². The Hall–Kier alpha value is -0.711. The third kappa shape index (κ3) is 3.67. The first kappa shape index (κ1) is 10.4. The monoisotopic (exact) mass is 264 g/mol. The number of ether oxygens (including phenoxy) is 1. The van der Waals surface area contributed by atoms with Crippen LogP contribution in [0.1, 0.15) is 4.57 Å². The molecule has 1 aromatic heterocycles. The molecule has 0 saturated carbocycles. The van der Waals surface area contributed by atoms with Crippen molar-refractivity contribution in [1.82, 2.24) is 10.2 Å². The van der Waals surface area contributed by atoms with Gasteiger partial charge in [-0.2, -0.15) is 0 Å². The first-order valence-electron chi connectivity index (χ1n) is 3.56. The summed E-state index contributed by atoms with van der Waals surface area (Å²) < 4.78 is 6.55. The Balaban J connectivity index is 2.31. The van der Waals surface area contributed by atoms with Gasteiger partial charge >= 0.3 is 86.2 Å². The third-order valence-corrected chi connectivity index (χ3v) is 3.43. The van der Waals surface area contributed by atoms with E-state index in [4.69, 9.17) is 17.0 Å². The molecule has 0 aliphatic heterocycles. The molecule has 0 aromatic carbocycles. The Kier molecular flexibility index (Phi) is 4.08. The molecular formula is C7H8N2O2SSe. The maximum absolute atomic E-state index is 10.6. The van der Waals surface area contributed by atoms with E-state index in [0.717, 1.165) is 14.2 Å². The van der Waals surface area contributed by atoms with Crippen LogP contribution < -0.4 is 0 Å².